The summed E-state index contributed by atoms with van der Waals surface area (Å²) in [6.07, 6.45) is 3.99. The summed E-state index contributed by atoms with van der Waals surface area (Å²) in [6, 6.07) is 9.62. The van der Waals surface area contributed by atoms with Crippen LogP contribution in [-0.4, -0.2) is 64.7 Å². The lowest BCUT2D eigenvalue weighted by atomic mass is 10.0. The van der Waals surface area contributed by atoms with Crippen molar-refractivity contribution in [2.24, 2.45) is 11.8 Å². The summed E-state index contributed by atoms with van der Waals surface area (Å²) in [4.78, 5) is 36.4. The molecule has 2 aliphatic rings. The standard InChI is InChI=1S/C21H25N5O4/c27-19(7-4-8-30-18-5-2-1-3-6-18)25-11-16-13-26(14-17(16)12-25)21-22-9-15(10-23-21)20(28)24-29/h1-3,5-6,9-10,16-17,29H,4,7-8,11-14H2,(H,24,28)/t16-,17+. The highest BCUT2D eigenvalue weighted by atomic mass is 16.5. The van der Waals surface area contributed by atoms with Crippen molar-refractivity contribution in [3.05, 3.63) is 48.3 Å². The smallest absolute Gasteiger partial charge is 0.277 e. The number of hydroxylamine groups is 1. The molecular weight excluding hydrogens is 386 g/mol. The summed E-state index contributed by atoms with van der Waals surface area (Å²) in [7, 11) is 0. The van der Waals surface area contributed by atoms with E-state index in [2.05, 4.69) is 14.9 Å². The number of carbonyl (C=O) groups excluding carboxylic acids is 2. The number of hydrogen-bond donors (Lipinski definition) is 2. The van der Waals surface area contributed by atoms with Crippen molar-refractivity contribution in [3.63, 3.8) is 0 Å². The fraction of sp³-hybridized carbons (Fsp3) is 0.429. The van der Waals surface area contributed by atoms with E-state index in [1.807, 2.05) is 35.2 Å². The largest absolute Gasteiger partial charge is 0.494 e. The quantitative estimate of drug-likeness (QED) is 0.402. The van der Waals surface area contributed by atoms with E-state index in [9.17, 15) is 9.59 Å². The van der Waals surface area contributed by atoms with Gasteiger partial charge in [0, 0.05) is 56.8 Å². The molecule has 30 heavy (non-hydrogen) atoms. The van der Waals surface area contributed by atoms with Crippen molar-refractivity contribution in [1.29, 1.82) is 0 Å². The molecule has 4 rings (SSSR count). The minimum atomic E-state index is -0.636. The second kappa shape index (κ2) is 9.08. The predicted octanol–water partition coefficient (Wildman–Crippen LogP) is 1.35. The number of carbonyl (C=O) groups is 2. The van der Waals surface area contributed by atoms with Crippen LogP contribution in [0.2, 0.25) is 0 Å². The van der Waals surface area contributed by atoms with Crippen LogP contribution in [0, 0.1) is 11.8 Å². The van der Waals surface area contributed by atoms with Crippen molar-refractivity contribution in [3.8, 4) is 5.75 Å². The molecule has 1 aromatic carbocycles. The van der Waals surface area contributed by atoms with Gasteiger partial charge in [-0.1, -0.05) is 18.2 Å². The third-order valence-corrected chi connectivity index (χ3v) is 5.67. The van der Waals surface area contributed by atoms with E-state index in [0.717, 1.165) is 31.9 Å². The third-order valence-electron chi connectivity index (χ3n) is 5.67. The summed E-state index contributed by atoms with van der Waals surface area (Å²) in [5, 5.41) is 8.66. The molecule has 0 bridgehead atoms. The molecule has 0 unspecified atom stereocenters. The SMILES string of the molecule is O=C(NO)c1cnc(N2C[C@H]3CN(C(=O)CCCOc4ccccc4)C[C@H]3C2)nc1. The molecule has 2 atom stereocenters. The fourth-order valence-electron chi connectivity index (χ4n) is 4.11. The average molecular weight is 411 g/mol. The van der Waals surface area contributed by atoms with Gasteiger partial charge in [-0.25, -0.2) is 15.4 Å². The molecule has 9 nitrogen and oxygen atoms in total. The number of hydrogen-bond acceptors (Lipinski definition) is 7. The molecule has 1 aromatic heterocycles. The summed E-state index contributed by atoms with van der Waals surface area (Å²) >= 11 is 0. The maximum absolute atomic E-state index is 12.5. The van der Waals surface area contributed by atoms with Crippen LogP contribution in [0.25, 0.3) is 0 Å². The molecule has 2 aromatic rings. The van der Waals surface area contributed by atoms with Crippen LogP contribution in [0.1, 0.15) is 23.2 Å². The van der Waals surface area contributed by atoms with Gasteiger partial charge in [0.25, 0.3) is 5.91 Å². The van der Waals surface area contributed by atoms with E-state index < -0.39 is 5.91 Å². The minimum Gasteiger partial charge on any atom is -0.494 e. The number of likely N-dealkylation sites (tertiary alicyclic amines) is 1. The topological polar surface area (TPSA) is 108 Å². The Balaban J connectivity index is 1.21. The number of amides is 2. The number of anilines is 1. The van der Waals surface area contributed by atoms with E-state index in [1.54, 1.807) is 5.48 Å². The minimum absolute atomic E-state index is 0.184. The molecule has 2 fully saturated rings. The lowest BCUT2D eigenvalue weighted by Gasteiger charge is -2.22. The summed E-state index contributed by atoms with van der Waals surface area (Å²) in [5.41, 5.74) is 1.77. The average Bonchev–Trinajstić information content (AvgIpc) is 3.36. The van der Waals surface area contributed by atoms with E-state index >= 15 is 0 Å². The number of fused-ring (bicyclic) bond motifs is 1. The van der Waals surface area contributed by atoms with Crippen LogP contribution in [0.4, 0.5) is 5.95 Å². The zero-order chi connectivity index (χ0) is 20.9. The number of rotatable bonds is 7. The van der Waals surface area contributed by atoms with Gasteiger partial charge in [0.05, 0.1) is 12.2 Å². The Morgan fingerprint density at radius 3 is 2.37 bits per heavy atom. The van der Waals surface area contributed by atoms with Crippen LogP contribution < -0.4 is 15.1 Å². The van der Waals surface area contributed by atoms with Gasteiger partial charge in [0.2, 0.25) is 11.9 Å². The summed E-state index contributed by atoms with van der Waals surface area (Å²) in [6.45, 7) is 3.62. The zero-order valence-electron chi connectivity index (χ0n) is 16.6. The molecule has 0 spiro atoms. The number of nitrogens with zero attached hydrogens (tertiary/aromatic N) is 4. The Morgan fingerprint density at radius 1 is 1.07 bits per heavy atom. The van der Waals surface area contributed by atoms with Gasteiger partial charge >= 0.3 is 0 Å². The molecule has 0 saturated carbocycles. The molecule has 9 heteroatoms. The van der Waals surface area contributed by atoms with E-state index in [4.69, 9.17) is 9.94 Å². The molecule has 2 N–H and O–H groups in total. The first kappa shape index (κ1) is 20.1. The van der Waals surface area contributed by atoms with Crippen molar-refractivity contribution < 1.29 is 19.5 Å². The first-order valence-corrected chi connectivity index (χ1v) is 10.1. The molecular formula is C21H25N5O4. The number of para-hydroxylation sites is 1. The Kier molecular flexibility index (Phi) is 6.08. The van der Waals surface area contributed by atoms with Gasteiger partial charge in [-0.3, -0.25) is 14.8 Å². The lowest BCUT2D eigenvalue weighted by molar-refractivity contribution is -0.130. The highest BCUT2D eigenvalue weighted by Crippen LogP contribution is 2.33. The van der Waals surface area contributed by atoms with Crippen LogP contribution in [0.5, 0.6) is 5.75 Å². The van der Waals surface area contributed by atoms with Gasteiger partial charge in [-0.15, -0.1) is 0 Å². The van der Waals surface area contributed by atoms with Crippen LogP contribution in [-0.2, 0) is 4.79 Å². The van der Waals surface area contributed by atoms with Crippen molar-refractivity contribution in [2.45, 2.75) is 12.8 Å². The molecule has 0 radical (unpaired) electrons. The lowest BCUT2D eigenvalue weighted by Crippen LogP contribution is -2.33. The van der Waals surface area contributed by atoms with Gasteiger partial charge in [0.15, 0.2) is 0 Å². The molecule has 0 aliphatic carbocycles. The Morgan fingerprint density at radius 2 is 1.73 bits per heavy atom. The zero-order valence-corrected chi connectivity index (χ0v) is 16.6. The van der Waals surface area contributed by atoms with Gasteiger partial charge in [0.1, 0.15) is 5.75 Å². The van der Waals surface area contributed by atoms with E-state index in [1.165, 1.54) is 12.4 Å². The summed E-state index contributed by atoms with van der Waals surface area (Å²) < 4.78 is 5.66. The highest BCUT2D eigenvalue weighted by Gasteiger charge is 2.42. The van der Waals surface area contributed by atoms with Crippen molar-refractivity contribution in [2.75, 3.05) is 37.7 Å². The molecule has 2 amide bonds. The third kappa shape index (κ3) is 4.51. The fourth-order valence-corrected chi connectivity index (χ4v) is 4.11. The molecule has 2 saturated heterocycles. The van der Waals surface area contributed by atoms with E-state index in [-0.39, 0.29) is 11.5 Å². The molecule has 2 aliphatic heterocycles. The monoisotopic (exact) mass is 411 g/mol. The van der Waals surface area contributed by atoms with Crippen molar-refractivity contribution in [1.82, 2.24) is 20.3 Å². The highest BCUT2D eigenvalue weighted by molar-refractivity contribution is 5.92. The maximum Gasteiger partial charge on any atom is 0.277 e. The number of ether oxygens (including phenoxy) is 1. The number of aromatic nitrogens is 2. The van der Waals surface area contributed by atoms with E-state index in [0.29, 0.717) is 37.2 Å². The Labute approximate surface area is 174 Å². The van der Waals surface area contributed by atoms with Crippen LogP contribution in [0.15, 0.2) is 42.7 Å². The van der Waals surface area contributed by atoms with Gasteiger partial charge in [-0.05, 0) is 18.6 Å². The number of nitrogens with one attached hydrogen (secondary N) is 1. The Bertz CT molecular complexity index is 863. The normalized spacial score (nSPS) is 20.2. The summed E-state index contributed by atoms with van der Waals surface area (Å²) in [5.74, 6) is 1.74. The predicted molar refractivity (Wildman–Crippen MR) is 108 cm³/mol. The second-order valence-corrected chi connectivity index (χ2v) is 7.70. The second-order valence-electron chi connectivity index (χ2n) is 7.70. The van der Waals surface area contributed by atoms with Gasteiger partial charge in [-0.2, -0.15) is 0 Å². The number of benzene rings is 1. The molecule has 3 heterocycles. The first-order chi connectivity index (χ1) is 14.6. The maximum atomic E-state index is 12.5. The van der Waals surface area contributed by atoms with Crippen LogP contribution >= 0.6 is 0 Å². The van der Waals surface area contributed by atoms with Crippen LogP contribution in [0.3, 0.4) is 0 Å². The molecule has 158 valence electrons. The first-order valence-electron chi connectivity index (χ1n) is 10.1. The van der Waals surface area contributed by atoms with Crippen molar-refractivity contribution >= 4 is 17.8 Å². The Hall–Kier alpha value is -3.20. The van der Waals surface area contributed by atoms with Gasteiger partial charge < -0.3 is 14.5 Å².